The van der Waals surface area contributed by atoms with Crippen LogP contribution in [0, 0.1) is 0 Å². The Morgan fingerprint density at radius 3 is 1.81 bits per heavy atom. The van der Waals surface area contributed by atoms with Crippen LogP contribution >= 0.6 is 0 Å². The second-order valence-corrected chi connectivity index (χ2v) is 4.49. The molecule has 0 bridgehead atoms. The first-order valence-corrected chi connectivity index (χ1v) is 5.86. The minimum absolute atomic E-state index is 0.0403. The fourth-order valence-corrected chi connectivity index (χ4v) is 1.78. The highest BCUT2D eigenvalue weighted by Gasteiger charge is 2.14. The van der Waals surface area contributed by atoms with Crippen LogP contribution in [-0.2, 0) is 0 Å². The van der Waals surface area contributed by atoms with Crippen LogP contribution in [-0.4, -0.2) is 36.0 Å². The van der Waals surface area contributed by atoms with Crippen molar-refractivity contribution in [3.63, 3.8) is 0 Å². The zero-order valence-electron chi connectivity index (χ0n) is 9.89. The van der Waals surface area contributed by atoms with Gasteiger partial charge in [-0.25, -0.2) is 0 Å². The fourth-order valence-electron chi connectivity index (χ4n) is 1.78. The second kappa shape index (κ2) is 8.86. The maximum atomic E-state index is 8.95. The zero-order chi connectivity index (χ0) is 12.6. The lowest BCUT2D eigenvalue weighted by Gasteiger charge is -2.21. The highest BCUT2D eigenvalue weighted by Crippen LogP contribution is 2.07. The van der Waals surface area contributed by atoms with Gasteiger partial charge in [0.25, 0.3) is 0 Å². The lowest BCUT2D eigenvalue weighted by molar-refractivity contribution is 0.159. The molecule has 4 unspecified atom stereocenters. The highest BCUT2D eigenvalue weighted by atomic mass is 16.3. The van der Waals surface area contributed by atoms with Crippen LogP contribution in [0.15, 0.2) is 0 Å². The third-order valence-corrected chi connectivity index (χ3v) is 2.53. The summed E-state index contributed by atoms with van der Waals surface area (Å²) in [6, 6.07) is -0.133. The van der Waals surface area contributed by atoms with E-state index in [0.717, 1.165) is 19.3 Å². The van der Waals surface area contributed by atoms with Crippen LogP contribution in [0.2, 0.25) is 0 Å². The molecule has 0 aromatic carbocycles. The summed E-state index contributed by atoms with van der Waals surface area (Å²) in [7, 11) is 0. The predicted molar refractivity (Wildman–Crippen MR) is 66.3 cm³/mol. The number of aliphatic hydroxyl groups excluding tert-OH is 1. The molecule has 0 radical (unpaired) electrons. The summed E-state index contributed by atoms with van der Waals surface area (Å²) in [6.07, 6.45) is 2.67. The molecule has 6 nitrogen and oxygen atoms in total. The van der Waals surface area contributed by atoms with Gasteiger partial charge in [-0.1, -0.05) is 0 Å². The maximum absolute atomic E-state index is 8.95. The highest BCUT2D eigenvalue weighted by molar-refractivity contribution is 4.76. The van der Waals surface area contributed by atoms with Crippen molar-refractivity contribution in [2.75, 3.05) is 6.54 Å². The molecule has 0 saturated heterocycles. The first-order chi connectivity index (χ1) is 7.45. The van der Waals surface area contributed by atoms with E-state index in [9.17, 15) is 0 Å². The Bertz CT molecular complexity index is 167. The average Bonchev–Trinajstić information content (AvgIpc) is 2.12. The molecule has 0 aromatic rings. The van der Waals surface area contributed by atoms with Gasteiger partial charge in [0.1, 0.15) is 6.23 Å². The quantitative estimate of drug-likeness (QED) is 0.257. The normalized spacial score (nSPS) is 19.1. The topological polar surface area (TPSA) is 150 Å². The first-order valence-electron chi connectivity index (χ1n) is 5.86. The molecule has 16 heavy (non-hydrogen) atoms. The number of hydrogen-bond acceptors (Lipinski definition) is 6. The third-order valence-electron chi connectivity index (χ3n) is 2.53. The third kappa shape index (κ3) is 9.02. The lowest BCUT2D eigenvalue weighted by atomic mass is 9.97. The molecule has 0 aliphatic rings. The molecular formula is C10H27N5O. The van der Waals surface area contributed by atoms with E-state index >= 15 is 0 Å². The van der Waals surface area contributed by atoms with E-state index in [0.29, 0.717) is 19.4 Å². The smallest absolute Gasteiger partial charge is 0.103 e. The first kappa shape index (κ1) is 15.8. The van der Waals surface area contributed by atoms with E-state index < -0.39 is 6.23 Å². The summed E-state index contributed by atoms with van der Waals surface area (Å²) in [4.78, 5) is 0. The Morgan fingerprint density at radius 2 is 1.31 bits per heavy atom. The molecule has 0 fully saturated rings. The van der Waals surface area contributed by atoms with Crippen LogP contribution in [0.3, 0.4) is 0 Å². The van der Waals surface area contributed by atoms with Gasteiger partial charge >= 0.3 is 0 Å². The largest absolute Gasteiger partial charge is 0.379 e. The van der Waals surface area contributed by atoms with Crippen LogP contribution in [0.1, 0.15) is 32.1 Å². The number of hydrogen-bond donors (Lipinski definition) is 6. The Hall–Kier alpha value is -0.240. The number of aliphatic hydroxyl groups is 1. The van der Waals surface area contributed by atoms with Crippen molar-refractivity contribution < 1.29 is 5.11 Å². The lowest BCUT2D eigenvalue weighted by Crippen LogP contribution is -2.39. The van der Waals surface area contributed by atoms with Crippen LogP contribution in [0.25, 0.3) is 0 Å². The molecule has 0 aromatic heterocycles. The van der Waals surface area contributed by atoms with Crippen molar-refractivity contribution in [2.24, 2.45) is 28.7 Å². The summed E-state index contributed by atoms with van der Waals surface area (Å²) in [5, 5.41) is 8.95. The predicted octanol–water partition coefficient (Wildman–Crippen LogP) is -1.85. The molecule has 0 aliphatic heterocycles. The molecule has 4 atom stereocenters. The van der Waals surface area contributed by atoms with E-state index in [1.165, 1.54) is 0 Å². The average molecular weight is 233 g/mol. The molecule has 11 N–H and O–H groups in total. The van der Waals surface area contributed by atoms with Gasteiger partial charge in [0.05, 0.1) is 0 Å². The van der Waals surface area contributed by atoms with E-state index in [4.69, 9.17) is 33.8 Å². The summed E-state index contributed by atoms with van der Waals surface area (Å²) >= 11 is 0. The van der Waals surface area contributed by atoms with Gasteiger partial charge in [0.2, 0.25) is 0 Å². The minimum atomic E-state index is -0.867. The molecular weight excluding hydrogens is 206 g/mol. The molecule has 0 spiro atoms. The number of nitrogens with two attached hydrogens (primary N) is 5. The monoisotopic (exact) mass is 233 g/mol. The van der Waals surface area contributed by atoms with Gasteiger partial charge in [-0.15, -0.1) is 0 Å². The summed E-state index contributed by atoms with van der Waals surface area (Å²) < 4.78 is 0. The van der Waals surface area contributed by atoms with Gasteiger partial charge in [-0.2, -0.15) is 0 Å². The minimum Gasteiger partial charge on any atom is -0.379 e. The standard InChI is InChI=1S/C10H27N5O/c11-3-1-2-7(12)4-8(13)5-9(14)6-10(15)16/h7-10,16H,1-6,11-15H2. The van der Waals surface area contributed by atoms with Crippen molar-refractivity contribution >= 4 is 0 Å². The molecule has 0 heterocycles. The van der Waals surface area contributed by atoms with E-state index in [2.05, 4.69) is 0 Å². The van der Waals surface area contributed by atoms with Crippen molar-refractivity contribution in [1.82, 2.24) is 0 Å². The molecule has 0 rings (SSSR count). The fraction of sp³-hybridized carbons (Fsp3) is 1.00. The molecule has 0 saturated carbocycles. The maximum Gasteiger partial charge on any atom is 0.103 e. The van der Waals surface area contributed by atoms with Crippen molar-refractivity contribution in [3.05, 3.63) is 0 Å². The van der Waals surface area contributed by atoms with E-state index in [1.54, 1.807) is 0 Å². The van der Waals surface area contributed by atoms with Gasteiger partial charge in [0.15, 0.2) is 0 Å². The van der Waals surface area contributed by atoms with Crippen molar-refractivity contribution in [3.8, 4) is 0 Å². The zero-order valence-corrected chi connectivity index (χ0v) is 9.89. The van der Waals surface area contributed by atoms with Crippen LogP contribution in [0.5, 0.6) is 0 Å². The molecule has 98 valence electrons. The Morgan fingerprint density at radius 1 is 0.812 bits per heavy atom. The molecule has 0 amide bonds. The summed E-state index contributed by atoms with van der Waals surface area (Å²) in [5.41, 5.74) is 28.2. The van der Waals surface area contributed by atoms with Crippen molar-refractivity contribution in [1.29, 1.82) is 0 Å². The van der Waals surface area contributed by atoms with Crippen LogP contribution in [0.4, 0.5) is 0 Å². The SMILES string of the molecule is NCCCC(N)CC(N)CC(N)CC(N)O. The summed E-state index contributed by atoms with van der Waals surface area (Å²) in [5.74, 6) is 0. The Labute approximate surface area is 97.5 Å². The summed E-state index contributed by atoms with van der Waals surface area (Å²) in [6.45, 7) is 0.655. The Balaban J connectivity index is 3.67. The van der Waals surface area contributed by atoms with Gasteiger partial charge < -0.3 is 33.8 Å². The van der Waals surface area contributed by atoms with Gasteiger partial charge in [-0.3, -0.25) is 0 Å². The Kier molecular flexibility index (Phi) is 8.73. The van der Waals surface area contributed by atoms with Gasteiger partial charge in [-0.05, 0) is 32.2 Å². The molecule has 0 aliphatic carbocycles. The number of rotatable bonds is 9. The van der Waals surface area contributed by atoms with Gasteiger partial charge in [0, 0.05) is 24.5 Å². The van der Waals surface area contributed by atoms with E-state index in [1.807, 2.05) is 0 Å². The second-order valence-electron chi connectivity index (χ2n) is 4.49. The molecule has 6 heteroatoms. The van der Waals surface area contributed by atoms with Crippen molar-refractivity contribution in [2.45, 2.75) is 56.5 Å². The van der Waals surface area contributed by atoms with E-state index in [-0.39, 0.29) is 18.1 Å². The van der Waals surface area contributed by atoms with Crippen LogP contribution < -0.4 is 28.7 Å².